The number of hydrogen-bond donors (Lipinski definition) is 0. The highest BCUT2D eigenvalue weighted by molar-refractivity contribution is 7.19. The first-order valence-electron chi connectivity index (χ1n) is 10.7. The zero-order valence-corrected chi connectivity index (χ0v) is 18.2. The molecule has 2 aromatic carbocycles. The topological polar surface area (TPSA) is 43.4 Å². The van der Waals surface area contributed by atoms with Gasteiger partial charge in [0.25, 0.3) is 0 Å². The maximum Gasteiger partial charge on any atom is 0.154 e. The Bertz CT molecular complexity index is 1170. The van der Waals surface area contributed by atoms with E-state index in [4.69, 9.17) is 4.74 Å². The van der Waals surface area contributed by atoms with Crippen LogP contribution in [0, 0.1) is 32.6 Å². The molecule has 3 aliphatic rings. The third-order valence-electron chi connectivity index (χ3n) is 7.42. The van der Waals surface area contributed by atoms with Gasteiger partial charge in [0.15, 0.2) is 11.6 Å². The van der Waals surface area contributed by atoms with Crippen molar-refractivity contribution in [2.45, 2.75) is 51.2 Å². The van der Waals surface area contributed by atoms with Crippen LogP contribution < -0.4 is 0 Å². The molecule has 152 valence electrons. The van der Waals surface area contributed by atoms with Gasteiger partial charge in [0, 0.05) is 15.5 Å². The number of thiophene rings is 1. The van der Waals surface area contributed by atoms with Gasteiger partial charge in [-0.25, -0.2) is 0 Å². The lowest BCUT2D eigenvalue weighted by Crippen LogP contribution is -2.33. The molecule has 2 saturated heterocycles. The molecule has 1 aliphatic carbocycles. The number of benzene rings is 2. The van der Waals surface area contributed by atoms with Crippen molar-refractivity contribution >= 4 is 33.0 Å². The molecule has 1 saturated carbocycles. The molecule has 1 unspecified atom stereocenters. The van der Waals surface area contributed by atoms with Crippen LogP contribution in [-0.4, -0.2) is 23.8 Å². The summed E-state index contributed by atoms with van der Waals surface area (Å²) in [7, 11) is 0. The summed E-state index contributed by atoms with van der Waals surface area (Å²) < 4.78 is 7.54. The number of carbonyl (C=O) groups is 2. The number of carbonyl (C=O) groups excluding carboxylic acids is 2. The summed E-state index contributed by atoms with van der Waals surface area (Å²) in [4.78, 5) is 28.4. The second kappa shape index (κ2) is 6.35. The van der Waals surface area contributed by atoms with Gasteiger partial charge in [-0.15, -0.1) is 11.3 Å². The lowest BCUT2D eigenvalue weighted by atomic mass is 9.75. The van der Waals surface area contributed by atoms with Gasteiger partial charge in [-0.3, -0.25) is 9.59 Å². The fourth-order valence-corrected chi connectivity index (χ4v) is 7.57. The van der Waals surface area contributed by atoms with E-state index >= 15 is 0 Å². The van der Waals surface area contributed by atoms with Gasteiger partial charge in [-0.1, -0.05) is 35.9 Å². The Morgan fingerprint density at radius 3 is 2.37 bits per heavy atom. The van der Waals surface area contributed by atoms with Crippen LogP contribution in [0.1, 0.15) is 45.4 Å². The molecule has 4 heteroatoms. The number of rotatable bonds is 2. The standard InChI is InChI=1S/C26H24O3S/c1-12-8-13(2)20(14(3)9-12)22-24(27)21-17-11-16(26(29-17)23(21)25(22)28)19-10-15-6-4-5-7-18(15)30-19/h4-10,16-17,21-23,26H,11H2,1-3H3/t16-,17-,21-,22?,23+,26+/m0/s1. The number of fused-ring (bicyclic) bond motifs is 6. The highest BCUT2D eigenvalue weighted by Crippen LogP contribution is 2.58. The Morgan fingerprint density at radius 1 is 0.933 bits per heavy atom. The van der Waals surface area contributed by atoms with Crippen LogP contribution in [0.2, 0.25) is 0 Å². The minimum atomic E-state index is -0.615. The predicted octanol–water partition coefficient (Wildman–Crippen LogP) is 5.25. The van der Waals surface area contributed by atoms with Crippen molar-refractivity contribution in [3.05, 3.63) is 69.6 Å². The molecule has 30 heavy (non-hydrogen) atoms. The van der Waals surface area contributed by atoms with Crippen molar-refractivity contribution in [2.75, 3.05) is 0 Å². The largest absolute Gasteiger partial charge is 0.373 e. The molecule has 0 spiro atoms. The molecule has 6 atom stereocenters. The number of hydrogen-bond acceptors (Lipinski definition) is 4. The van der Waals surface area contributed by atoms with Gasteiger partial charge < -0.3 is 4.74 Å². The Hall–Kier alpha value is -2.30. The van der Waals surface area contributed by atoms with E-state index in [1.165, 1.54) is 20.5 Å². The van der Waals surface area contributed by atoms with E-state index in [2.05, 4.69) is 49.4 Å². The Labute approximate surface area is 180 Å². The quantitative estimate of drug-likeness (QED) is 0.536. The molecule has 0 N–H and O–H groups in total. The highest BCUT2D eigenvalue weighted by atomic mass is 32.1. The molecular weight excluding hydrogens is 392 g/mol. The van der Waals surface area contributed by atoms with Crippen molar-refractivity contribution in [2.24, 2.45) is 11.8 Å². The Morgan fingerprint density at radius 2 is 1.63 bits per heavy atom. The van der Waals surface area contributed by atoms with Gasteiger partial charge in [-0.05, 0) is 61.4 Å². The molecule has 0 radical (unpaired) electrons. The molecule has 0 amide bonds. The highest BCUT2D eigenvalue weighted by Gasteiger charge is 2.66. The van der Waals surface area contributed by atoms with Crippen LogP contribution in [0.3, 0.4) is 0 Å². The molecular formula is C26H24O3S. The van der Waals surface area contributed by atoms with Crippen LogP contribution in [0.5, 0.6) is 0 Å². The number of Topliss-reactive ketones (excluding diaryl/α,β-unsaturated/α-hetero) is 2. The number of ether oxygens (including phenoxy) is 1. The Kier molecular flexibility index (Phi) is 3.91. The van der Waals surface area contributed by atoms with Crippen molar-refractivity contribution in [1.29, 1.82) is 0 Å². The van der Waals surface area contributed by atoms with E-state index in [-0.39, 0.29) is 41.5 Å². The molecule has 2 aliphatic heterocycles. The minimum Gasteiger partial charge on any atom is -0.373 e. The summed E-state index contributed by atoms with van der Waals surface area (Å²) in [6.07, 6.45) is 0.555. The molecule has 3 fully saturated rings. The zero-order valence-electron chi connectivity index (χ0n) is 17.3. The average Bonchev–Trinajstić information content (AvgIpc) is 3.44. The minimum absolute atomic E-state index is 0.0818. The van der Waals surface area contributed by atoms with E-state index in [0.717, 1.165) is 23.1 Å². The number of aryl methyl sites for hydroxylation is 3. The summed E-state index contributed by atoms with van der Waals surface area (Å²) >= 11 is 1.80. The second-order valence-electron chi connectivity index (χ2n) is 9.27. The molecule has 3 nitrogen and oxygen atoms in total. The third kappa shape index (κ3) is 2.41. The van der Waals surface area contributed by atoms with E-state index in [0.29, 0.717) is 0 Å². The van der Waals surface area contributed by atoms with Gasteiger partial charge in [0.1, 0.15) is 5.92 Å². The molecule has 6 rings (SSSR count). The van der Waals surface area contributed by atoms with Crippen molar-refractivity contribution < 1.29 is 14.3 Å². The average molecular weight is 417 g/mol. The van der Waals surface area contributed by atoms with Crippen molar-refractivity contribution in [3.8, 4) is 0 Å². The van der Waals surface area contributed by atoms with Crippen LogP contribution in [0.15, 0.2) is 42.5 Å². The van der Waals surface area contributed by atoms with Crippen LogP contribution in [0.25, 0.3) is 10.1 Å². The predicted molar refractivity (Wildman–Crippen MR) is 118 cm³/mol. The summed E-state index contributed by atoms with van der Waals surface area (Å²) in [5.74, 6) is -0.796. The molecule has 3 aromatic rings. The van der Waals surface area contributed by atoms with E-state index < -0.39 is 5.92 Å². The fraction of sp³-hybridized carbons (Fsp3) is 0.385. The van der Waals surface area contributed by atoms with E-state index in [1.807, 2.05) is 13.8 Å². The normalized spacial score (nSPS) is 32.4. The van der Waals surface area contributed by atoms with Crippen LogP contribution >= 0.6 is 11.3 Å². The monoisotopic (exact) mass is 416 g/mol. The van der Waals surface area contributed by atoms with Crippen LogP contribution in [0.4, 0.5) is 0 Å². The van der Waals surface area contributed by atoms with Gasteiger partial charge >= 0.3 is 0 Å². The van der Waals surface area contributed by atoms with Crippen LogP contribution in [-0.2, 0) is 14.3 Å². The number of ketones is 2. The zero-order chi connectivity index (χ0) is 20.7. The molecule has 1 aromatic heterocycles. The maximum atomic E-state index is 13.6. The summed E-state index contributed by atoms with van der Waals surface area (Å²) in [5.41, 5.74) is 4.20. The lowest BCUT2D eigenvalue weighted by Gasteiger charge is -2.25. The first kappa shape index (κ1) is 18.5. The second-order valence-corrected chi connectivity index (χ2v) is 10.4. The van der Waals surface area contributed by atoms with E-state index in [9.17, 15) is 9.59 Å². The maximum absolute atomic E-state index is 13.6. The third-order valence-corrected chi connectivity index (χ3v) is 8.67. The first-order valence-corrected chi connectivity index (χ1v) is 11.5. The molecule has 2 bridgehead atoms. The van der Waals surface area contributed by atoms with Crippen molar-refractivity contribution in [3.63, 3.8) is 0 Å². The SMILES string of the molecule is Cc1cc(C)c(C2C(=O)[C@@H]3[C@@H]4O[C@@H](C[C@H]4c4cc5ccccc5s4)[C@@H]3C2=O)c(C)c1. The van der Waals surface area contributed by atoms with Crippen molar-refractivity contribution in [1.82, 2.24) is 0 Å². The summed E-state index contributed by atoms with van der Waals surface area (Å²) in [6, 6.07) is 14.8. The first-order chi connectivity index (χ1) is 14.4. The Balaban J connectivity index is 1.38. The van der Waals surface area contributed by atoms with Gasteiger partial charge in [-0.2, -0.15) is 0 Å². The fourth-order valence-electron chi connectivity index (χ4n) is 6.36. The smallest absolute Gasteiger partial charge is 0.154 e. The lowest BCUT2D eigenvalue weighted by molar-refractivity contribution is -0.127. The van der Waals surface area contributed by atoms with E-state index in [1.54, 1.807) is 11.3 Å². The van der Waals surface area contributed by atoms with Gasteiger partial charge in [0.05, 0.1) is 24.0 Å². The summed E-state index contributed by atoms with van der Waals surface area (Å²) in [5, 5.41) is 1.24. The van der Waals surface area contributed by atoms with Gasteiger partial charge in [0.2, 0.25) is 0 Å². The molecule has 3 heterocycles. The summed E-state index contributed by atoms with van der Waals surface area (Å²) in [6.45, 7) is 6.10.